The maximum atomic E-state index is 13.5. The Morgan fingerprint density at radius 1 is 0.814 bits per heavy atom. The summed E-state index contributed by atoms with van der Waals surface area (Å²) in [5.41, 5.74) is 0.556. The summed E-state index contributed by atoms with van der Waals surface area (Å²) < 4.78 is 0. The Morgan fingerprint density at radius 2 is 1.28 bits per heavy atom. The number of benzene rings is 1. The predicted octanol–water partition coefficient (Wildman–Crippen LogP) is -0.713. The van der Waals surface area contributed by atoms with Crippen LogP contribution in [0.3, 0.4) is 0 Å². The van der Waals surface area contributed by atoms with E-state index in [0.29, 0.717) is 57.9 Å². The molecule has 2 aliphatic rings. The van der Waals surface area contributed by atoms with Crippen LogP contribution in [0.25, 0.3) is 0 Å². The fourth-order valence-electron chi connectivity index (χ4n) is 5.02. The minimum atomic E-state index is -1.01. The number of aliphatic carboxylic acids is 2. The molecule has 1 aromatic carbocycles. The van der Waals surface area contributed by atoms with E-state index in [4.69, 9.17) is 0 Å². The van der Waals surface area contributed by atoms with Gasteiger partial charge in [0.25, 0.3) is 5.69 Å². The molecular formula is C28H40N6O9. The second-order valence-corrected chi connectivity index (χ2v) is 11.0. The second kappa shape index (κ2) is 16.7. The monoisotopic (exact) mass is 604 g/mol. The van der Waals surface area contributed by atoms with Crippen molar-refractivity contribution >= 4 is 35.6 Å². The van der Waals surface area contributed by atoms with Gasteiger partial charge in [0, 0.05) is 77.0 Å². The predicted molar refractivity (Wildman–Crippen MR) is 154 cm³/mol. The van der Waals surface area contributed by atoms with Crippen LogP contribution in [0.5, 0.6) is 0 Å². The number of aldehydes is 1. The van der Waals surface area contributed by atoms with Crippen molar-refractivity contribution in [2.24, 2.45) is 0 Å². The molecule has 0 aromatic heterocycles. The minimum absolute atomic E-state index is 0.0162. The van der Waals surface area contributed by atoms with Crippen molar-refractivity contribution in [3.63, 3.8) is 0 Å². The van der Waals surface area contributed by atoms with E-state index in [-0.39, 0.29) is 62.6 Å². The zero-order valence-electron chi connectivity index (χ0n) is 24.2. The highest BCUT2D eigenvalue weighted by Gasteiger charge is 2.34. The van der Waals surface area contributed by atoms with E-state index in [2.05, 4.69) is 0 Å². The van der Waals surface area contributed by atoms with Gasteiger partial charge in [0.05, 0.1) is 37.6 Å². The largest absolute Gasteiger partial charge is 0.480 e. The first kappa shape index (κ1) is 33.7. The number of carboxylic acids is 2. The van der Waals surface area contributed by atoms with E-state index in [1.54, 1.807) is 14.7 Å². The first-order valence-corrected chi connectivity index (χ1v) is 14.3. The molecule has 1 aromatic rings. The lowest BCUT2D eigenvalue weighted by molar-refractivity contribution is -0.384. The maximum Gasteiger partial charge on any atom is 0.317 e. The summed E-state index contributed by atoms with van der Waals surface area (Å²) in [6.07, 6.45) is 2.41. The topological polar surface area (TPSA) is 185 Å². The first-order chi connectivity index (χ1) is 20.5. The Bertz CT molecular complexity index is 1140. The van der Waals surface area contributed by atoms with Crippen LogP contribution in [0.1, 0.15) is 18.4 Å². The summed E-state index contributed by atoms with van der Waals surface area (Å²) in [7, 11) is 0. The SMILES string of the molecule is O=CCN1CCN(CC(=O)O)CCN(CC(=O)O)CCN(CC(=O)N(CC(=O)Cc2ccc([N+](=O)[O-])cc2)C2CC2)CC1. The quantitative estimate of drug-likeness (QED) is 0.154. The van der Waals surface area contributed by atoms with Crippen molar-refractivity contribution in [1.82, 2.24) is 24.5 Å². The lowest BCUT2D eigenvalue weighted by Crippen LogP contribution is -2.50. The zero-order chi connectivity index (χ0) is 31.4. The number of carbonyl (C=O) groups excluding carboxylic acids is 3. The lowest BCUT2D eigenvalue weighted by Gasteiger charge is -2.33. The van der Waals surface area contributed by atoms with E-state index in [1.807, 2.05) is 9.80 Å². The molecule has 3 rings (SSSR count). The van der Waals surface area contributed by atoms with Crippen LogP contribution in [-0.4, -0.2) is 161 Å². The molecule has 1 aliphatic carbocycles. The molecule has 0 unspecified atom stereocenters. The standard InChI is InChI=1S/C28H40N6O9/c35-16-15-29-7-9-30(11-12-32(21-28(40)41)14-13-31(10-8-29)20-27(38)39)19-26(37)33(23-5-6-23)18-25(36)17-22-1-3-24(4-2-22)34(42)43/h1-4,16,23H,5-15,17-21H2,(H,38,39)(H,40,41). The van der Waals surface area contributed by atoms with Gasteiger partial charge < -0.3 is 19.9 Å². The maximum absolute atomic E-state index is 13.5. The number of hydrogen-bond donors (Lipinski definition) is 2. The van der Waals surface area contributed by atoms with E-state index < -0.39 is 16.9 Å². The number of nitro benzene ring substituents is 1. The minimum Gasteiger partial charge on any atom is -0.480 e. The summed E-state index contributed by atoms with van der Waals surface area (Å²) in [4.78, 5) is 79.8. The molecule has 2 N–H and O–H groups in total. The van der Waals surface area contributed by atoms with E-state index in [0.717, 1.165) is 19.1 Å². The van der Waals surface area contributed by atoms with Crippen LogP contribution < -0.4 is 0 Å². The zero-order valence-corrected chi connectivity index (χ0v) is 24.2. The number of rotatable bonds is 14. The molecule has 0 bridgehead atoms. The van der Waals surface area contributed by atoms with Crippen molar-refractivity contribution in [3.8, 4) is 0 Å². The van der Waals surface area contributed by atoms with Crippen molar-refractivity contribution in [2.45, 2.75) is 25.3 Å². The molecule has 1 heterocycles. The second-order valence-electron chi connectivity index (χ2n) is 11.0. The molecule has 1 amide bonds. The van der Waals surface area contributed by atoms with Crippen LogP contribution in [0.15, 0.2) is 24.3 Å². The number of carbonyl (C=O) groups is 5. The van der Waals surface area contributed by atoms with Gasteiger partial charge >= 0.3 is 11.9 Å². The van der Waals surface area contributed by atoms with E-state index in [9.17, 15) is 44.3 Å². The van der Waals surface area contributed by atoms with Crippen molar-refractivity contribution < 1.29 is 39.1 Å². The molecular weight excluding hydrogens is 564 g/mol. The Hall–Kier alpha value is -3.79. The molecule has 0 atom stereocenters. The number of carboxylic acid groups (broad SMARTS) is 2. The molecule has 15 nitrogen and oxygen atoms in total. The molecule has 236 valence electrons. The Labute approximate surface area is 249 Å². The molecule has 1 saturated heterocycles. The Kier molecular flexibility index (Phi) is 13.1. The number of non-ortho nitro benzene ring substituents is 1. The van der Waals surface area contributed by atoms with Crippen LogP contribution in [0.4, 0.5) is 5.69 Å². The summed E-state index contributed by atoms with van der Waals surface area (Å²) in [5.74, 6) is -2.40. The number of nitro groups is 1. The normalized spacial score (nSPS) is 18.2. The van der Waals surface area contributed by atoms with Gasteiger partial charge in [0.2, 0.25) is 5.91 Å². The van der Waals surface area contributed by atoms with Crippen molar-refractivity contribution in [1.29, 1.82) is 0 Å². The Morgan fingerprint density at radius 3 is 1.70 bits per heavy atom. The van der Waals surface area contributed by atoms with Gasteiger partial charge in [-0.15, -0.1) is 0 Å². The van der Waals surface area contributed by atoms with Crippen LogP contribution in [0.2, 0.25) is 0 Å². The highest BCUT2D eigenvalue weighted by Crippen LogP contribution is 2.27. The first-order valence-electron chi connectivity index (χ1n) is 14.3. The van der Waals surface area contributed by atoms with Gasteiger partial charge in [0.15, 0.2) is 5.78 Å². The van der Waals surface area contributed by atoms with Gasteiger partial charge in [-0.05, 0) is 18.4 Å². The third-order valence-electron chi connectivity index (χ3n) is 7.54. The number of ketones is 1. The molecule has 2 fully saturated rings. The van der Waals surface area contributed by atoms with Crippen LogP contribution in [0, 0.1) is 10.1 Å². The molecule has 0 radical (unpaired) electrons. The lowest BCUT2D eigenvalue weighted by atomic mass is 10.1. The average Bonchev–Trinajstić information content (AvgIpc) is 3.78. The van der Waals surface area contributed by atoms with Crippen molar-refractivity contribution in [2.75, 3.05) is 85.1 Å². The average molecular weight is 605 g/mol. The molecule has 1 saturated carbocycles. The molecule has 0 spiro atoms. The molecule has 43 heavy (non-hydrogen) atoms. The van der Waals surface area contributed by atoms with Gasteiger partial charge in [0.1, 0.15) is 6.29 Å². The summed E-state index contributed by atoms with van der Waals surface area (Å²) in [6, 6.07) is 5.72. The van der Waals surface area contributed by atoms with Crippen LogP contribution in [-0.2, 0) is 30.4 Å². The summed E-state index contributed by atoms with van der Waals surface area (Å²) >= 11 is 0. The smallest absolute Gasteiger partial charge is 0.317 e. The van der Waals surface area contributed by atoms with E-state index in [1.165, 1.54) is 24.3 Å². The van der Waals surface area contributed by atoms with Gasteiger partial charge in [-0.2, -0.15) is 0 Å². The highest BCUT2D eigenvalue weighted by atomic mass is 16.6. The number of nitrogens with zero attached hydrogens (tertiary/aromatic N) is 6. The summed E-state index contributed by atoms with van der Waals surface area (Å²) in [5, 5.41) is 29.6. The third-order valence-corrected chi connectivity index (χ3v) is 7.54. The number of Topliss-reactive ketones (excluding diaryl/α,β-unsaturated/α-hetero) is 1. The Balaban J connectivity index is 1.67. The fraction of sp³-hybridized carbons (Fsp3) is 0.607. The third kappa shape index (κ3) is 12.2. The number of hydrogen-bond acceptors (Lipinski definition) is 11. The van der Waals surface area contributed by atoms with Crippen LogP contribution >= 0.6 is 0 Å². The number of amides is 1. The van der Waals surface area contributed by atoms with Gasteiger partial charge in [-0.3, -0.25) is 48.9 Å². The molecule has 15 heteroatoms. The molecule has 1 aliphatic heterocycles. The summed E-state index contributed by atoms with van der Waals surface area (Å²) in [6.45, 7) is 2.67. The fourth-order valence-corrected chi connectivity index (χ4v) is 5.02. The van der Waals surface area contributed by atoms with Crippen molar-refractivity contribution in [3.05, 3.63) is 39.9 Å². The van der Waals surface area contributed by atoms with Gasteiger partial charge in [-0.25, -0.2) is 0 Å². The van der Waals surface area contributed by atoms with E-state index >= 15 is 0 Å². The van der Waals surface area contributed by atoms with Gasteiger partial charge in [-0.1, -0.05) is 12.1 Å². The highest BCUT2D eigenvalue weighted by molar-refractivity contribution is 5.88.